The Morgan fingerprint density at radius 3 is 1.59 bits per heavy atom. The summed E-state index contributed by atoms with van der Waals surface area (Å²) in [6, 6.07) is 8.94. The Kier molecular flexibility index (Phi) is 13.1. The number of carbonyl (C=O) groups excluding carboxylic acids is 3. The van der Waals surface area contributed by atoms with Crippen molar-refractivity contribution in [3.05, 3.63) is 64.0 Å². The van der Waals surface area contributed by atoms with E-state index in [0.717, 1.165) is 140 Å². The molecule has 2 amide bonds. The standard InChI is InChI=1S/C25H32N4O.C24H32N2O2.C2H6O/c1-5-25(6-2)19-13-20-18(12-21(19)29(24(25)30)11-10-15(3)4)17-9-7-8-16-14-26-28-22(16)23(17)27-20;1-5-24(6-2)18-14-19-17(16-9-7-8-10-21(27)22(16)25-19)13-20(18)26(23(24)28)12-11-15(3)4;1-2-3/h12-15,27H,5-11H2,1-4H3,(H,26,28);13-15,25H,5-12H2,1-4H3;3H,2H2,1H3. The largest absolute Gasteiger partial charge is 0.397 e. The number of aliphatic hydroxyl groups excluding tert-OH is 1. The molecule has 5 heterocycles. The maximum atomic E-state index is 13.6. The van der Waals surface area contributed by atoms with Gasteiger partial charge in [0.25, 0.3) is 0 Å². The first-order chi connectivity index (χ1) is 29.3. The van der Waals surface area contributed by atoms with Gasteiger partial charge in [0.15, 0.2) is 5.78 Å². The summed E-state index contributed by atoms with van der Waals surface area (Å²) in [4.78, 5) is 50.9. The smallest absolute Gasteiger partial charge is 0.237 e. The number of fused-ring (bicyclic) bond motifs is 10. The Morgan fingerprint density at radius 1 is 0.639 bits per heavy atom. The first-order valence-electron chi connectivity index (χ1n) is 23.5. The molecule has 4 aliphatic rings. The second kappa shape index (κ2) is 18.0. The summed E-state index contributed by atoms with van der Waals surface area (Å²) in [7, 11) is 0. The molecule has 3 aromatic heterocycles. The summed E-state index contributed by atoms with van der Waals surface area (Å²) < 4.78 is 0. The molecular formula is C51H70N6O4. The highest BCUT2D eigenvalue weighted by Gasteiger charge is 2.50. The van der Waals surface area contributed by atoms with Crippen molar-refractivity contribution >= 4 is 50.8 Å². The van der Waals surface area contributed by atoms with Crippen LogP contribution in [-0.2, 0) is 39.7 Å². The van der Waals surface area contributed by atoms with Gasteiger partial charge < -0.3 is 24.9 Å². The predicted octanol–water partition coefficient (Wildman–Crippen LogP) is 11.0. The first-order valence-corrected chi connectivity index (χ1v) is 23.5. The lowest BCUT2D eigenvalue weighted by Gasteiger charge is -2.26. The SMILES string of the molecule is CCC1(CC)C(=O)N(CCC(C)C)c2cc3c4c([nH]c3cc21)-c1[nH]ncc1CCC4.CCC1(CC)C(=O)N(CCC(C)C)c2cc3c4c([nH]c3cc21)C(=O)CCCC4.CCO. The van der Waals surface area contributed by atoms with Gasteiger partial charge in [-0.05, 0) is 148 Å². The molecule has 0 radical (unpaired) electrons. The Hall–Kier alpha value is -4.70. The molecule has 2 aliphatic heterocycles. The fourth-order valence-corrected chi connectivity index (χ4v) is 10.7. The van der Waals surface area contributed by atoms with E-state index in [1.165, 1.54) is 27.8 Å². The maximum Gasteiger partial charge on any atom is 0.237 e. The summed E-state index contributed by atoms with van der Waals surface area (Å²) in [6.45, 7) is 20.9. The number of aromatic nitrogens is 4. The minimum Gasteiger partial charge on any atom is -0.397 e. The minimum absolute atomic E-state index is 0.230. The van der Waals surface area contributed by atoms with Gasteiger partial charge in [-0.2, -0.15) is 5.10 Å². The Morgan fingerprint density at radius 2 is 1.10 bits per heavy atom. The summed E-state index contributed by atoms with van der Waals surface area (Å²) >= 11 is 0. The van der Waals surface area contributed by atoms with E-state index in [-0.39, 0.29) is 24.2 Å². The van der Waals surface area contributed by atoms with Gasteiger partial charge in [0, 0.05) is 59.3 Å². The van der Waals surface area contributed by atoms with Gasteiger partial charge in [0.1, 0.15) is 0 Å². The highest BCUT2D eigenvalue weighted by atomic mass is 16.2. The molecule has 2 aromatic carbocycles. The average Bonchev–Trinajstić information content (AvgIpc) is 3.99. The molecule has 0 spiro atoms. The molecule has 9 rings (SSSR count). The van der Waals surface area contributed by atoms with Gasteiger partial charge in [-0.15, -0.1) is 0 Å². The van der Waals surface area contributed by atoms with Crippen LogP contribution in [0.4, 0.5) is 11.4 Å². The Bertz CT molecular complexity index is 2400. The van der Waals surface area contributed by atoms with E-state index < -0.39 is 10.8 Å². The molecule has 0 atom stereocenters. The van der Waals surface area contributed by atoms with E-state index in [2.05, 4.69) is 105 Å². The number of ketones is 1. The van der Waals surface area contributed by atoms with Crippen LogP contribution in [0.5, 0.6) is 0 Å². The van der Waals surface area contributed by atoms with Crippen molar-refractivity contribution in [3.8, 4) is 11.4 Å². The monoisotopic (exact) mass is 831 g/mol. The van der Waals surface area contributed by atoms with Crippen LogP contribution in [0.3, 0.4) is 0 Å². The molecule has 10 heteroatoms. The number of nitrogens with zero attached hydrogens (tertiary/aromatic N) is 3. The highest BCUT2D eigenvalue weighted by Crippen LogP contribution is 2.51. The van der Waals surface area contributed by atoms with E-state index in [0.29, 0.717) is 18.3 Å². The third-order valence-electron chi connectivity index (χ3n) is 14.4. The van der Waals surface area contributed by atoms with Gasteiger partial charge in [0.05, 0.1) is 34.1 Å². The van der Waals surface area contributed by atoms with Gasteiger partial charge in [-0.1, -0.05) is 55.4 Å². The van der Waals surface area contributed by atoms with Crippen molar-refractivity contribution in [2.75, 3.05) is 29.5 Å². The Balaban J connectivity index is 0.000000173. The summed E-state index contributed by atoms with van der Waals surface area (Å²) in [5.41, 5.74) is 12.8. The van der Waals surface area contributed by atoms with Gasteiger partial charge in [-0.3, -0.25) is 19.5 Å². The number of nitrogens with one attached hydrogen (secondary N) is 3. The van der Waals surface area contributed by atoms with Crippen LogP contribution < -0.4 is 9.80 Å². The molecule has 0 fully saturated rings. The summed E-state index contributed by atoms with van der Waals surface area (Å²) in [6.07, 6.45) is 14.1. The molecular weight excluding hydrogens is 761 g/mol. The average molecular weight is 831 g/mol. The predicted molar refractivity (Wildman–Crippen MR) is 249 cm³/mol. The van der Waals surface area contributed by atoms with E-state index >= 15 is 0 Å². The highest BCUT2D eigenvalue weighted by molar-refractivity contribution is 6.12. The van der Waals surface area contributed by atoms with Gasteiger partial charge in [-0.25, -0.2) is 0 Å². The zero-order valence-electron chi connectivity index (χ0n) is 38.4. The van der Waals surface area contributed by atoms with E-state index in [1.54, 1.807) is 6.92 Å². The molecule has 4 N–H and O–H groups in total. The number of amides is 2. The normalized spacial score (nSPS) is 17.4. The number of aryl methyl sites for hydroxylation is 3. The van der Waals surface area contributed by atoms with Crippen molar-refractivity contribution in [1.29, 1.82) is 0 Å². The van der Waals surface area contributed by atoms with Crippen LogP contribution in [0.2, 0.25) is 0 Å². The number of Topliss-reactive ketones (excluding diaryl/α,β-unsaturated/α-hetero) is 1. The minimum atomic E-state index is -0.437. The quantitative estimate of drug-likeness (QED) is 0.104. The summed E-state index contributed by atoms with van der Waals surface area (Å²) in [5, 5.41) is 17.5. The van der Waals surface area contributed by atoms with E-state index in [9.17, 15) is 14.4 Å². The second-order valence-corrected chi connectivity index (χ2v) is 18.7. The van der Waals surface area contributed by atoms with Crippen molar-refractivity contribution in [2.45, 2.75) is 157 Å². The number of rotatable bonds is 10. The van der Waals surface area contributed by atoms with E-state index in [1.807, 2.05) is 11.1 Å². The second-order valence-electron chi connectivity index (χ2n) is 18.7. The summed E-state index contributed by atoms with van der Waals surface area (Å²) in [5.74, 6) is 1.90. The number of anilines is 2. The van der Waals surface area contributed by atoms with Gasteiger partial charge in [0.2, 0.25) is 11.8 Å². The van der Waals surface area contributed by atoms with Crippen molar-refractivity contribution in [1.82, 2.24) is 20.2 Å². The van der Waals surface area contributed by atoms with Gasteiger partial charge >= 0.3 is 0 Å². The van der Waals surface area contributed by atoms with Crippen LogP contribution in [0.1, 0.15) is 165 Å². The molecule has 0 saturated heterocycles. The fraction of sp³-hybridized carbons (Fsp3) is 0.569. The number of aliphatic hydroxyl groups is 1. The lowest BCUT2D eigenvalue weighted by Crippen LogP contribution is -2.40. The van der Waals surface area contributed by atoms with Crippen LogP contribution in [0, 0.1) is 11.8 Å². The van der Waals surface area contributed by atoms with E-state index in [4.69, 9.17) is 5.11 Å². The molecule has 10 nitrogen and oxygen atoms in total. The van der Waals surface area contributed by atoms with Crippen molar-refractivity contribution in [2.24, 2.45) is 11.8 Å². The van der Waals surface area contributed by atoms with Crippen LogP contribution >= 0.6 is 0 Å². The van der Waals surface area contributed by atoms with Crippen LogP contribution in [0.25, 0.3) is 33.2 Å². The topological polar surface area (TPSA) is 138 Å². The molecule has 5 aromatic rings. The third kappa shape index (κ3) is 7.54. The lowest BCUT2D eigenvalue weighted by atomic mass is 9.76. The first kappa shape index (κ1) is 44.4. The third-order valence-corrected chi connectivity index (χ3v) is 14.4. The molecule has 61 heavy (non-hydrogen) atoms. The van der Waals surface area contributed by atoms with Crippen molar-refractivity contribution in [3.63, 3.8) is 0 Å². The fourth-order valence-electron chi connectivity index (χ4n) is 10.7. The molecule has 2 aliphatic carbocycles. The zero-order chi connectivity index (χ0) is 43.8. The van der Waals surface area contributed by atoms with Crippen LogP contribution in [0.15, 0.2) is 30.5 Å². The number of aromatic amines is 3. The number of hydrogen-bond acceptors (Lipinski definition) is 5. The number of hydrogen-bond donors (Lipinski definition) is 4. The lowest BCUT2D eigenvalue weighted by molar-refractivity contribution is -0.124. The molecule has 0 saturated carbocycles. The number of H-pyrrole nitrogens is 3. The van der Waals surface area contributed by atoms with Crippen LogP contribution in [-0.4, -0.2) is 62.6 Å². The number of benzene rings is 2. The molecule has 0 bridgehead atoms. The maximum absolute atomic E-state index is 13.6. The molecule has 328 valence electrons. The number of carbonyl (C=O) groups is 3. The zero-order valence-corrected chi connectivity index (χ0v) is 38.4. The van der Waals surface area contributed by atoms with Crippen molar-refractivity contribution < 1.29 is 19.5 Å². The molecule has 0 unspecified atom stereocenters. The Labute approximate surface area is 362 Å².